The van der Waals surface area contributed by atoms with Crippen molar-refractivity contribution in [2.75, 3.05) is 0 Å². The van der Waals surface area contributed by atoms with Crippen molar-refractivity contribution >= 4 is 39.1 Å². The molecule has 3 aromatic rings. The number of benzene rings is 3. The zero-order chi connectivity index (χ0) is 24.6. The van der Waals surface area contributed by atoms with Gasteiger partial charge < -0.3 is 0 Å². The second-order valence-corrected chi connectivity index (χ2v) is 13.9. The first kappa shape index (κ1) is 26.2. The maximum absolute atomic E-state index is 13.7. The molecule has 0 unspecified atom stereocenters. The molecular formula is C27H28O4S2Se. The first-order chi connectivity index (χ1) is 16.2. The first-order valence-electron chi connectivity index (χ1n) is 11.0. The van der Waals surface area contributed by atoms with Crippen molar-refractivity contribution in [2.45, 2.75) is 42.9 Å². The van der Waals surface area contributed by atoms with Gasteiger partial charge in [0.25, 0.3) is 0 Å². The van der Waals surface area contributed by atoms with Gasteiger partial charge >= 0.3 is 210 Å². The van der Waals surface area contributed by atoms with Gasteiger partial charge in [-0.15, -0.1) is 0 Å². The third-order valence-electron chi connectivity index (χ3n) is 5.13. The summed E-state index contributed by atoms with van der Waals surface area (Å²) in [5.41, 5.74) is 0.973. The Morgan fingerprint density at radius 1 is 0.794 bits per heavy atom. The van der Waals surface area contributed by atoms with E-state index >= 15 is 0 Å². The maximum atomic E-state index is 13.7. The summed E-state index contributed by atoms with van der Waals surface area (Å²) in [5, 5.41) is 1.14. The molecule has 0 N–H and O–H groups in total. The van der Waals surface area contributed by atoms with E-state index in [9.17, 15) is 16.8 Å². The van der Waals surface area contributed by atoms with E-state index in [4.69, 9.17) is 0 Å². The Kier molecular flexibility index (Phi) is 9.09. The van der Waals surface area contributed by atoms with Gasteiger partial charge in [0.05, 0.1) is 0 Å². The van der Waals surface area contributed by atoms with Crippen molar-refractivity contribution in [3.63, 3.8) is 0 Å². The first-order valence-corrected chi connectivity index (χ1v) is 15.7. The zero-order valence-corrected chi connectivity index (χ0v) is 22.6. The number of rotatable bonds is 10. The van der Waals surface area contributed by atoms with Gasteiger partial charge in [0.2, 0.25) is 0 Å². The monoisotopic (exact) mass is 560 g/mol. The number of sulfone groups is 2. The summed E-state index contributed by atoms with van der Waals surface area (Å²) in [6, 6.07) is 24.5. The van der Waals surface area contributed by atoms with Crippen LogP contribution in [-0.2, 0) is 19.7 Å². The molecule has 0 bridgehead atoms. The van der Waals surface area contributed by atoms with Gasteiger partial charge in [-0.3, -0.25) is 0 Å². The molecule has 4 nitrogen and oxygen atoms in total. The van der Waals surface area contributed by atoms with E-state index in [0.29, 0.717) is 22.2 Å². The molecule has 34 heavy (non-hydrogen) atoms. The van der Waals surface area contributed by atoms with Crippen LogP contribution in [0.1, 0.15) is 31.7 Å². The minimum atomic E-state index is -3.79. The molecule has 0 aliphatic carbocycles. The van der Waals surface area contributed by atoms with Crippen LogP contribution in [0.4, 0.5) is 0 Å². The summed E-state index contributed by atoms with van der Waals surface area (Å²) >= 11 is -0.398. The van der Waals surface area contributed by atoms with Gasteiger partial charge in [-0.1, -0.05) is 0 Å². The summed E-state index contributed by atoms with van der Waals surface area (Å²) in [6.45, 7) is 3.92. The minimum absolute atomic E-state index is 0.175. The predicted octanol–water partition coefficient (Wildman–Crippen LogP) is 5.19. The molecule has 0 amide bonds. The Hall–Kier alpha value is -2.44. The molecule has 0 saturated carbocycles. The SMILES string of the molecule is CCCC/C(=C(/C=C/S(=O)(=O)c1ccccc1)[Se]c1ccccc1)S(=O)(=O)c1ccc(C)cc1. The molecule has 0 aromatic heterocycles. The predicted molar refractivity (Wildman–Crippen MR) is 140 cm³/mol. The molecule has 3 rings (SSSR count). The third kappa shape index (κ3) is 6.80. The van der Waals surface area contributed by atoms with Gasteiger partial charge in [0.1, 0.15) is 0 Å². The van der Waals surface area contributed by atoms with Crippen LogP contribution in [-0.4, -0.2) is 31.8 Å². The fraction of sp³-hybridized carbons (Fsp3) is 0.185. The fourth-order valence-electron chi connectivity index (χ4n) is 3.23. The van der Waals surface area contributed by atoms with Crippen LogP contribution >= 0.6 is 0 Å². The van der Waals surface area contributed by atoms with E-state index in [0.717, 1.165) is 21.9 Å². The van der Waals surface area contributed by atoms with E-state index in [1.165, 1.54) is 18.2 Å². The van der Waals surface area contributed by atoms with E-state index in [1.807, 2.05) is 44.2 Å². The van der Waals surface area contributed by atoms with E-state index in [-0.39, 0.29) is 9.79 Å². The summed E-state index contributed by atoms with van der Waals surface area (Å²) in [6.07, 6.45) is 3.36. The molecule has 0 fully saturated rings. The molecular weight excluding hydrogens is 531 g/mol. The quantitative estimate of drug-likeness (QED) is 0.253. The second-order valence-electron chi connectivity index (χ2n) is 7.78. The van der Waals surface area contributed by atoms with Crippen LogP contribution in [0.5, 0.6) is 0 Å². The Labute approximate surface area is 209 Å². The Balaban J connectivity index is 2.17. The zero-order valence-electron chi connectivity index (χ0n) is 19.2. The summed E-state index contributed by atoms with van der Waals surface area (Å²) in [7, 11) is -7.51. The standard InChI is InChI=1S/C27H28O4S2Se/c1-3-4-15-26(33(30,31)24-18-16-22(2)17-19-24)27(34-25-13-9-6-10-14-25)20-21-32(28,29)23-11-7-5-8-12-23/h5-14,16-21H,3-4,15H2,1-2H3/b21-20+,27-26+. The summed E-state index contributed by atoms with van der Waals surface area (Å²) in [5.74, 6) is 0. The summed E-state index contributed by atoms with van der Waals surface area (Å²) in [4.78, 5) is 0.695. The van der Waals surface area contributed by atoms with Crippen molar-refractivity contribution in [3.8, 4) is 0 Å². The molecule has 0 aliphatic heterocycles. The van der Waals surface area contributed by atoms with E-state index in [2.05, 4.69) is 0 Å². The van der Waals surface area contributed by atoms with Crippen LogP contribution in [0, 0.1) is 6.92 Å². The van der Waals surface area contributed by atoms with Gasteiger partial charge in [0.15, 0.2) is 0 Å². The van der Waals surface area contributed by atoms with Crippen LogP contribution in [0.3, 0.4) is 0 Å². The van der Waals surface area contributed by atoms with Gasteiger partial charge in [-0.2, -0.15) is 0 Å². The Morgan fingerprint density at radius 2 is 1.38 bits per heavy atom. The number of hydrogen-bond donors (Lipinski definition) is 0. The average molecular weight is 560 g/mol. The van der Waals surface area contributed by atoms with Crippen molar-refractivity contribution in [1.29, 1.82) is 0 Å². The van der Waals surface area contributed by atoms with Crippen molar-refractivity contribution in [2.24, 2.45) is 0 Å². The Bertz CT molecular complexity index is 1360. The van der Waals surface area contributed by atoms with Crippen LogP contribution in [0.25, 0.3) is 0 Å². The van der Waals surface area contributed by atoms with Crippen molar-refractivity contribution in [3.05, 3.63) is 111 Å². The van der Waals surface area contributed by atoms with Crippen LogP contribution in [0.15, 0.2) is 116 Å². The van der Waals surface area contributed by atoms with Crippen LogP contribution in [0.2, 0.25) is 0 Å². The second kappa shape index (κ2) is 11.8. The number of aryl methyl sites for hydroxylation is 1. The molecule has 0 heterocycles. The molecule has 3 aromatic carbocycles. The Morgan fingerprint density at radius 3 is 1.97 bits per heavy atom. The molecule has 0 radical (unpaired) electrons. The fourth-order valence-corrected chi connectivity index (χ4v) is 8.75. The van der Waals surface area contributed by atoms with E-state index < -0.39 is 34.6 Å². The summed E-state index contributed by atoms with van der Waals surface area (Å²) < 4.78 is 54.9. The number of allylic oxidation sites excluding steroid dienone is 3. The van der Waals surface area contributed by atoms with Gasteiger partial charge in [-0.05, 0) is 0 Å². The normalized spacial score (nSPS) is 13.1. The van der Waals surface area contributed by atoms with E-state index in [1.54, 1.807) is 42.5 Å². The van der Waals surface area contributed by atoms with Gasteiger partial charge in [0, 0.05) is 0 Å². The average Bonchev–Trinajstić information content (AvgIpc) is 2.84. The molecule has 178 valence electrons. The number of hydrogen-bond acceptors (Lipinski definition) is 4. The topological polar surface area (TPSA) is 68.3 Å². The van der Waals surface area contributed by atoms with Gasteiger partial charge in [-0.25, -0.2) is 0 Å². The molecule has 0 saturated heterocycles. The molecule has 7 heteroatoms. The molecule has 0 spiro atoms. The molecule has 0 atom stereocenters. The van der Waals surface area contributed by atoms with Crippen molar-refractivity contribution in [1.82, 2.24) is 0 Å². The van der Waals surface area contributed by atoms with Crippen LogP contribution < -0.4 is 4.46 Å². The number of unbranched alkanes of at least 4 members (excludes halogenated alkanes) is 1. The molecule has 0 aliphatic rings. The van der Waals surface area contributed by atoms with Crippen molar-refractivity contribution < 1.29 is 16.8 Å². The third-order valence-corrected chi connectivity index (χ3v) is 11.1.